The molecule has 3 aromatic carbocycles. The van der Waals surface area contributed by atoms with Crippen molar-refractivity contribution in [1.82, 2.24) is 0 Å². The summed E-state index contributed by atoms with van der Waals surface area (Å²) in [6.45, 7) is -0.208. The van der Waals surface area contributed by atoms with Gasteiger partial charge in [-0.3, -0.25) is 10.0 Å². The van der Waals surface area contributed by atoms with Crippen molar-refractivity contribution in [3.63, 3.8) is 0 Å². The van der Waals surface area contributed by atoms with Gasteiger partial charge in [-0.2, -0.15) is 5.26 Å². The summed E-state index contributed by atoms with van der Waals surface area (Å²) in [6.07, 6.45) is 0. The lowest BCUT2D eigenvalue weighted by atomic mass is 10.0. The maximum atomic E-state index is 12.0. The lowest BCUT2D eigenvalue weighted by molar-refractivity contribution is -0.118. The molecule has 2 N–H and O–H groups in total. The van der Waals surface area contributed by atoms with Crippen molar-refractivity contribution in [3.05, 3.63) is 83.6 Å². The Labute approximate surface area is 161 Å². The van der Waals surface area contributed by atoms with Crippen molar-refractivity contribution >= 4 is 17.3 Å². The Morgan fingerprint density at radius 2 is 1.71 bits per heavy atom. The van der Waals surface area contributed by atoms with E-state index in [0.29, 0.717) is 17.0 Å². The normalized spacial score (nSPS) is 10.0. The van der Waals surface area contributed by atoms with Crippen LogP contribution in [0.25, 0.3) is 11.1 Å². The standard InChI is InChI=1S/C21H16N3O4/c22-13-15-4-6-16(7-5-15)17-8-10-20(11-9-17)28-14-21(25)23-18-2-1-3-19(12-18)24(26)27/h1-12,26H,14H2,(H,23,25)/q-1. The highest BCUT2D eigenvalue weighted by Crippen LogP contribution is 2.23. The molecule has 0 aliphatic carbocycles. The Balaban J connectivity index is 1.56. The van der Waals surface area contributed by atoms with Crippen molar-refractivity contribution < 1.29 is 14.7 Å². The molecule has 0 saturated heterocycles. The zero-order valence-electron chi connectivity index (χ0n) is 14.7. The fourth-order valence-corrected chi connectivity index (χ4v) is 2.53. The number of nitrogens with zero attached hydrogens (tertiary/aromatic N) is 2. The number of benzene rings is 3. The van der Waals surface area contributed by atoms with Gasteiger partial charge in [0.2, 0.25) is 0 Å². The van der Waals surface area contributed by atoms with Crippen LogP contribution in [0.15, 0.2) is 72.8 Å². The predicted octanol–water partition coefficient (Wildman–Crippen LogP) is 3.94. The second-order valence-electron chi connectivity index (χ2n) is 5.87. The molecular formula is C21H16N3O4-. The van der Waals surface area contributed by atoms with Gasteiger partial charge in [-0.05, 0) is 53.6 Å². The number of anilines is 2. The van der Waals surface area contributed by atoms with Gasteiger partial charge in [-0.15, -0.1) is 0 Å². The molecule has 7 nitrogen and oxygen atoms in total. The zero-order chi connectivity index (χ0) is 19.9. The van der Waals surface area contributed by atoms with E-state index in [1.165, 1.54) is 18.2 Å². The molecule has 3 rings (SSSR count). The van der Waals surface area contributed by atoms with Crippen LogP contribution in [-0.2, 0) is 4.79 Å². The fraction of sp³-hybridized carbons (Fsp3) is 0.0476. The number of amides is 1. The Morgan fingerprint density at radius 1 is 1.07 bits per heavy atom. The summed E-state index contributed by atoms with van der Waals surface area (Å²) in [4.78, 5) is 12.0. The minimum atomic E-state index is -0.399. The number of nitriles is 1. The van der Waals surface area contributed by atoms with Crippen LogP contribution in [0.5, 0.6) is 5.75 Å². The van der Waals surface area contributed by atoms with Crippen LogP contribution in [0.3, 0.4) is 0 Å². The number of hydrogen-bond acceptors (Lipinski definition) is 6. The van der Waals surface area contributed by atoms with Gasteiger partial charge in [0.25, 0.3) is 5.91 Å². The highest BCUT2D eigenvalue weighted by atomic mass is 16.8. The molecule has 7 heteroatoms. The highest BCUT2D eigenvalue weighted by Gasteiger charge is 2.05. The van der Waals surface area contributed by atoms with E-state index in [9.17, 15) is 10.0 Å². The van der Waals surface area contributed by atoms with Crippen LogP contribution >= 0.6 is 0 Å². The molecule has 0 radical (unpaired) electrons. The van der Waals surface area contributed by atoms with E-state index in [4.69, 9.17) is 15.2 Å². The minimum absolute atomic E-state index is 0.0112. The molecule has 0 atom stereocenters. The van der Waals surface area contributed by atoms with Crippen LogP contribution in [0.4, 0.5) is 11.4 Å². The smallest absolute Gasteiger partial charge is 0.262 e. The van der Waals surface area contributed by atoms with Gasteiger partial charge in [-0.25, -0.2) is 0 Å². The maximum Gasteiger partial charge on any atom is 0.262 e. The number of carbonyl (C=O) groups excluding carboxylic acids is 1. The van der Waals surface area contributed by atoms with Crippen molar-refractivity contribution in [2.75, 3.05) is 17.2 Å². The highest BCUT2D eigenvalue weighted by molar-refractivity contribution is 5.92. The van der Waals surface area contributed by atoms with Gasteiger partial charge < -0.3 is 20.5 Å². The van der Waals surface area contributed by atoms with Gasteiger partial charge in [0.15, 0.2) is 6.61 Å². The zero-order valence-corrected chi connectivity index (χ0v) is 14.7. The third-order valence-electron chi connectivity index (χ3n) is 3.92. The Morgan fingerprint density at radius 3 is 2.32 bits per heavy atom. The predicted molar refractivity (Wildman–Crippen MR) is 105 cm³/mol. The summed E-state index contributed by atoms with van der Waals surface area (Å²) in [6, 6.07) is 22.4. The topological polar surface area (TPSA) is 109 Å². The molecule has 28 heavy (non-hydrogen) atoms. The van der Waals surface area contributed by atoms with Crippen LogP contribution < -0.4 is 15.3 Å². The van der Waals surface area contributed by atoms with Crippen molar-refractivity contribution in [1.29, 1.82) is 5.26 Å². The maximum absolute atomic E-state index is 12.0. The number of rotatable bonds is 6. The second kappa shape index (κ2) is 8.68. The Kier molecular flexibility index (Phi) is 5.87. The lowest BCUT2D eigenvalue weighted by Gasteiger charge is -2.22. The first-order chi connectivity index (χ1) is 13.5. The SMILES string of the molecule is N#Cc1ccc(-c2ccc(OCC(=O)Nc3cccc(N([O-])O)c3)cc2)cc1. The van der Waals surface area contributed by atoms with Crippen LogP contribution in [0.1, 0.15) is 5.56 Å². The average molecular weight is 374 g/mol. The van der Waals surface area contributed by atoms with Gasteiger partial charge in [-0.1, -0.05) is 30.3 Å². The molecule has 140 valence electrons. The number of carbonyl (C=O) groups is 1. The molecule has 0 unspecified atom stereocenters. The first-order valence-corrected chi connectivity index (χ1v) is 8.34. The number of nitrogens with one attached hydrogen (secondary N) is 1. The molecule has 0 fully saturated rings. The third-order valence-corrected chi connectivity index (χ3v) is 3.92. The lowest BCUT2D eigenvalue weighted by Crippen LogP contribution is -2.20. The third kappa shape index (κ3) is 4.86. The molecular weight excluding hydrogens is 358 g/mol. The molecule has 0 aliphatic heterocycles. The van der Waals surface area contributed by atoms with E-state index in [-0.39, 0.29) is 17.5 Å². The molecule has 0 aliphatic rings. The molecule has 0 bridgehead atoms. The monoisotopic (exact) mass is 374 g/mol. The van der Waals surface area contributed by atoms with E-state index in [1.54, 1.807) is 30.3 Å². The molecule has 0 spiro atoms. The summed E-state index contributed by atoms with van der Waals surface area (Å²) in [7, 11) is 0. The summed E-state index contributed by atoms with van der Waals surface area (Å²) < 4.78 is 5.47. The van der Waals surface area contributed by atoms with E-state index in [0.717, 1.165) is 11.1 Å². The molecule has 3 aromatic rings. The minimum Gasteiger partial charge on any atom is -0.733 e. The molecule has 0 aromatic heterocycles. The van der Waals surface area contributed by atoms with Gasteiger partial charge >= 0.3 is 0 Å². The van der Waals surface area contributed by atoms with Crippen LogP contribution in [-0.4, -0.2) is 17.7 Å². The van der Waals surface area contributed by atoms with Gasteiger partial charge in [0.05, 0.1) is 17.3 Å². The van der Waals surface area contributed by atoms with Gasteiger partial charge in [0, 0.05) is 5.69 Å². The largest absolute Gasteiger partial charge is 0.733 e. The summed E-state index contributed by atoms with van der Waals surface area (Å²) in [5.41, 5.74) is 2.92. The van der Waals surface area contributed by atoms with Crippen molar-refractivity contribution in [2.45, 2.75) is 0 Å². The summed E-state index contributed by atoms with van der Waals surface area (Å²) in [5.74, 6) is 0.131. The van der Waals surface area contributed by atoms with E-state index < -0.39 is 5.91 Å². The summed E-state index contributed by atoms with van der Waals surface area (Å²) >= 11 is 0. The average Bonchev–Trinajstić information content (AvgIpc) is 2.73. The second-order valence-corrected chi connectivity index (χ2v) is 5.87. The summed E-state index contributed by atoms with van der Waals surface area (Å²) in [5, 5.41) is 30.9. The first-order valence-electron chi connectivity index (χ1n) is 8.34. The van der Waals surface area contributed by atoms with E-state index >= 15 is 0 Å². The van der Waals surface area contributed by atoms with Crippen LogP contribution in [0, 0.1) is 16.5 Å². The molecule has 0 saturated carbocycles. The van der Waals surface area contributed by atoms with E-state index in [1.807, 2.05) is 24.3 Å². The molecule has 0 heterocycles. The Hall–Kier alpha value is -3.86. The molecule has 1 amide bonds. The van der Waals surface area contributed by atoms with Crippen molar-refractivity contribution in [2.24, 2.45) is 0 Å². The van der Waals surface area contributed by atoms with Crippen LogP contribution in [0.2, 0.25) is 0 Å². The fourth-order valence-electron chi connectivity index (χ4n) is 2.53. The number of ether oxygens (including phenoxy) is 1. The first kappa shape index (κ1) is 18.9. The van der Waals surface area contributed by atoms with Crippen molar-refractivity contribution in [3.8, 4) is 22.9 Å². The van der Waals surface area contributed by atoms with Gasteiger partial charge in [0.1, 0.15) is 5.75 Å². The van der Waals surface area contributed by atoms with E-state index in [2.05, 4.69) is 11.4 Å². The Bertz CT molecular complexity index is 993. The quantitative estimate of drug-likeness (QED) is 0.633. The number of hydrogen-bond donors (Lipinski definition) is 2.